The zero-order valence-electron chi connectivity index (χ0n) is 8.96. The zero-order chi connectivity index (χ0) is 11.9. The van der Waals surface area contributed by atoms with Crippen molar-refractivity contribution < 1.29 is 13.2 Å². The lowest BCUT2D eigenvalue weighted by Crippen LogP contribution is -2.18. The van der Waals surface area contributed by atoms with Crippen LogP contribution in [0, 0.1) is 5.92 Å². The highest BCUT2D eigenvalue weighted by molar-refractivity contribution is 5.32. The van der Waals surface area contributed by atoms with Gasteiger partial charge in [0.1, 0.15) is 0 Å². The van der Waals surface area contributed by atoms with E-state index in [0.717, 1.165) is 18.1 Å². The van der Waals surface area contributed by atoms with Crippen LogP contribution >= 0.6 is 0 Å². The fourth-order valence-corrected chi connectivity index (χ4v) is 2.12. The summed E-state index contributed by atoms with van der Waals surface area (Å²) in [6.07, 6.45) is -3.35. The second-order valence-corrected chi connectivity index (χ2v) is 4.49. The molecule has 1 fully saturated rings. The largest absolute Gasteiger partial charge is 0.416 e. The summed E-state index contributed by atoms with van der Waals surface area (Å²) in [5, 5.41) is 0. The molecular formula is C12H14F3N. The molecule has 16 heavy (non-hydrogen) atoms. The third kappa shape index (κ3) is 2.21. The molecule has 0 heterocycles. The highest BCUT2D eigenvalue weighted by Gasteiger charge is 2.41. The quantitative estimate of drug-likeness (QED) is 0.828. The Morgan fingerprint density at radius 2 is 2.06 bits per heavy atom. The van der Waals surface area contributed by atoms with E-state index in [9.17, 15) is 13.2 Å². The average molecular weight is 229 g/mol. The molecule has 1 aromatic rings. The summed E-state index contributed by atoms with van der Waals surface area (Å²) < 4.78 is 37.4. The van der Waals surface area contributed by atoms with Crippen molar-refractivity contribution in [3.05, 3.63) is 35.4 Å². The van der Waals surface area contributed by atoms with E-state index in [4.69, 9.17) is 5.73 Å². The predicted molar refractivity (Wildman–Crippen MR) is 55.9 cm³/mol. The van der Waals surface area contributed by atoms with Crippen molar-refractivity contribution in [1.29, 1.82) is 0 Å². The van der Waals surface area contributed by atoms with Gasteiger partial charge >= 0.3 is 6.18 Å². The van der Waals surface area contributed by atoms with Gasteiger partial charge in [0.2, 0.25) is 0 Å². The maximum Gasteiger partial charge on any atom is 0.416 e. The van der Waals surface area contributed by atoms with Crippen molar-refractivity contribution in [3.63, 3.8) is 0 Å². The van der Waals surface area contributed by atoms with Crippen LogP contribution in [0.4, 0.5) is 13.2 Å². The van der Waals surface area contributed by atoms with Crippen molar-refractivity contribution in [2.24, 2.45) is 11.7 Å². The van der Waals surface area contributed by atoms with Gasteiger partial charge in [-0.05, 0) is 36.8 Å². The summed E-state index contributed by atoms with van der Waals surface area (Å²) in [6.45, 7) is 1.90. The van der Waals surface area contributed by atoms with Crippen LogP contribution in [0.2, 0.25) is 0 Å². The predicted octanol–water partition coefficient (Wildman–Crippen LogP) is 3.16. The standard InChI is InChI=1S/C12H14F3N/c1-7(16)10-6-11(10)8-3-2-4-9(5-8)12(13,14)15/h2-5,7,10-11H,6,16H2,1H3/t7-,10+,11-/m0/s1. The van der Waals surface area contributed by atoms with Gasteiger partial charge in [-0.25, -0.2) is 0 Å². The van der Waals surface area contributed by atoms with Gasteiger partial charge in [-0.3, -0.25) is 0 Å². The molecule has 1 aromatic carbocycles. The second kappa shape index (κ2) is 3.77. The molecule has 0 spiro atoms. The lowest BCUT2D eigenvalue weighted by molar-refractivity contribution is -0.137. The van der Waals surface area contributed by atoms with Gasteiger partial charge in [0.25, 0.3) is 0 Å². The van der Waals surface area contributed by atoms with E-state index in [1.54, 1.807) is 6.07 Å². The Morgan fingerprint density at radius 1 is 1.38 bits per heavy atom. The average Bonchev–Trinajstić information content (AvgIpc) is 2.96. The van der Waals surface area contributed by atoms with Crippen LogP contribution < -0.4 is 5.73 Å². The molecule has 2 rings (SSSR count). The first-order chi connectivity index (χ1) is 7.39. The van der Waals surface area contributed by atoms with Crippen LogP contribution in [0.3, 0.4) is 0 Å². The van der Waals surface area contributed by atoms with E-state index in [1.165, 1.54) is 12.1 Å². The summed E-state index contributed by atoms with van der Waals surface area (Å²) in [4.78, 5) is 0. The molecule has 1 aliphatic carbocycles. The van der Waals surface area contributed by atoms with E-state index in [0.29, 0.717) is 5.92 Å². The van der Waals surface area contributed by atoms with Crippen LogP contribution in [-0.2, 0) is 6.18 Å². The maximum atomic E-state index is 12.5. The molecule has 0 bridgehead atoms. The molecule has 88 valence electrons. The molecule has 0 radical (unpaired) electrons. The SMILES string of the molecule is C[C@H](N)[C@H]1C[C@H]1c1cccc(C(F)(F)F)c1. The zero-order valence-corrected chi connectivity index (χ0v) is 8.96. The Morgan fingerprint density at radius 3 is 2.56 bits per heavy atom. The van der Waals surface area contributed by atoms with Gasteiger partial charge in [-0.2, -0.15) is 13.2 Å². The summed E-state index contributed by atoms with van der Waals surface area (Å²) in [5.74, 6) is 0.547. The molecule has 1 aliphatic rings. The van der Waals surface area contributed by atoms with E-state index >= 15 is 0 Å². The minimum atomic E-state index is -4.26. The Kier molecular flexibility index (Phi) is 2.70. The third-order valence-electron chi connectivity index (χ3n) is 3.16. The maximum absolute atomic E-state index is 12.5. The normalized spacial score (nSPS) is 26.6. The number of hydrogen-bond acceptors (Lipinski definition) is 1. The molecule has 4 heteroatoms. The lowest BCUT2D eigenvalue weighted by Gasteiger charge is -2.09. The number of nitrogens with two attached hydrogens (primary N) is 1. The van der Waals surface area contributed by atoms with Gasteiger partial charge in [0.05, 0.1) is 5.56 Å². The molecule has 0 aromatic heterocycles. The van der Waals surface area contributed by atoms with Crippen molar-refractivity contribution >= 4 is 0 Å². The van der Waals surface area contributed by atoms with Crippen LogP contribution in [0.25, 0.3) is 0 Å². The molecule has 0 amide bonds. The number of alkyl halides is 3. The van der Waals surface area contributed by atoms with Crippen molar-refractivity contribution in [2.75, 3.05) is 0 Å². The van der Waals surface area contributed by atoms with Crippen molar-refractivity contribution in [3.8, 4) is 0 Å². The van der Waals surface area contributed by atoms with Crippen molar-refractivity contribution in [1.82, 2.24) is 0 Å². The minimum Gasteiger partial charge on any atom is -0.328 e. The molecule has 0 unspecified atom stereocenters. The molecule has 1 nitrogen and oxygen atoms in total. The fraction of sp³-hybridized carbons (Fsp3) is 0.500. The van der Waals surface area contributed by atoms with E-state index < -0.39 is 11.7 Å². The topological polar surface area (TPSA) is 26.0 Å². The Labute approximate surface area is 92.5 Å². The smallest absolute Gasteiger partial charge is 0.328 e. The fourth-order valence-electron chi connectivity index (χ4n) is 2.12. The van der Waals surface area contributed by atoms with Crippen LogP contribution in [-0.4, -0.2) is 6.04 Å². The third-order valence-corrected chi connectivity index (χ3v) is 3.16. The second-order valence-electron chi connectivity index (χ2n) is 4.49. The number of benzene rings is 1. The summed E-state index contributed by atoms with van der Waals surface area (Å²) in [7, 11) is 0. The van der Waals surface area contributed by atoms with E-state index in [2.05, 4.69) is 0 Å². The van der Waals surface area contributed by atoms with Gasteiger partial charge < -0.3 is 5.73 Å². The first-order valence-electron chi connectivity index (χ1n) is 5.32. The molecule has 0 saturated heterocycles. The minimum absolute atomic E-state index is 0.0551. The first-order valence-corrected chi connectivity index (χ1v) is 5.32. The van der Waals surface area contributed by atoms with Gasteiger partial charge in [-0.1, -0.05) is 18.2 Å². The number of halogens is 3. The first kappa shape index (κ1) is 11.5. The van der Waals surface area contributed by atoms with Gasteiger partial charge in [0.15, 0.2) is 0 Å². The molecule has 0 aliphatic heterocycles. The van der Waals surface area contributed by atoms with Crippen LogP contribution in [0.15, 0.2) is 24.3 Å². The van der Waals surface area contributed by atoms with Crippen LogP contribution in [0.1, 0.15) is 30.4 Å². The summed E-state index contributed by atoms with van der Waals surface area (Å²) in [5.41, 5.74) is 5.92. The number of rotatable bonds is 2. The Hall–Kier alpha value is -1.03. The summed E-state index contributed by atoms with van der Waals surface area (Å²) >= 11 is 0. The highest BCUT2D eigenvalue weighted by atomic mass is 19.4. The van der Waals surface area contributed by atoms with Crippen molar-refractivity contribution in [2.45, 2.75) is 31.5 Å². The van der Waals surface area contributed by atoms with E-state index in [-0.39, 0.29) is 12.0 Å². The molecule has 3 atom stereocenters. The molecular weight excluding hydrogens is 215 g/mol. The monoisotopic (exact) mass is 229 g/mol. The highest BCUT2D eigenvalue weighted by Crippen LogP contribution is 2.49. The summed E-state index contributed by atoms with van der Waals surface area (Å²) in [6, 6.07) is 5.62. The number of hydrogen-bond donors (Lipinski definition) is 1. The molecule has 2 N–H and O–H groups in total. The Bertz CT molecular complexity index is 384. The van der Waals surface area contributed by atoms with Gasteiger partial charge in [-0.15, -0.1) is 0 Å². The molecule has 1 saturated carbocycles. The van der Waals surface area contributed by atoms with Crippen LogP contribution in [0.5, 0.6) is 0 Å². The Balaban J connectivity index is 2.19. The van der Waals surface area contributed by atoms with E-state index in [1.807, 2.05) is 6.92 Å². The lowest BCUT2D eigenvalue weighted by atomic mass is 10.0. The van der Waals surface area contributed by atoms with Gasteiger partial charge in [0, 0.05) is 6.04 Å².